The molecule has 0 bridgehead atoms. The van der Waals surface area contributed by atoms with Crippen LogP contribution in [0.2, 0.25) is 0 Å². The molecule has 0 atom stereocenters. The van der Waals surface area contributed by atoms with Crippen LogP contribution in [0.4, 0.5) is 11.6 Å². The monoisotopic (exact) mass is 348 g/mol. The molecule has 6 heteroatoms. The van der Waals surface area contributed by atoms with Gasteiger partial charge in [-0.05, 0) is 24.6 Å². The van der Waals surface area contributed by atoms with E-state index in [9.17, 15) is 4.79 Å². The number of carbonyl (C=O) groups excluding carboxylic acids is 1. The number of nitrogens with one attached hydrogen (secondary N) is 2. The molecule has 3 aromatic rings. The Hall–Kier alpha value is -3.41. The average Bonchev–Trinajstić information content (AvgIpc) is 2.68. The smallest absolute Gasteiger partial charge is 0.258 e. The Morgan fingerprint density at radius 1 is 1.04 bits per heavy atom. The summed E-state index contributed by atoms with van der Waals surface area (Å²) in [6.07, 6.45) is 2.99. The summed E-state index contributed by atoms with van der Waals surface area (Å²) in [5.41, 5.74) is 3.32. The Kier molecular flexibility index (Phi) is 5.43. The highest BCUT2D eigenvalue weighted by molar-refractivity contribution is 6.04. The van der Waals surface area contributed by atoms with Crippen LogP contribution in [0, 0.1) is 6.92 Å². The van der Waals surface area contributed by atoms with Gasteiger partial charge in [0.25, 0.3) is 5.91 Å². The molecule has 26 heavy (non-hydrogen) atoms. The minimum absolute atomic E-state index is 0.292. The van der Waals surface area contributed by atoms with Crippen LogP contribution in [0.15, 0.2) is 60.9 Å². The van der Waals surface area contributed by atoms with Gasteiger partial charge in [0, 0.05) is 18.9 Å². The van der Waals surface area contributed by atoms with Crippen molar-refractivity contribution in [2.24, 2.45) is 0 Å². The first kappa shape index (κ1) is 17.4. The third-order valence-corrected chi connectivity index (χ3v) is 3.84. The third kappa shape index (κ3) is 4.36. The largest absolute Gasteiger partial charge is 0.495 e. The fourth-order valence-electron chi connectivity index (χ4n) is 2.37. The molecule has 1 amide bonds. The molecule has 3 rings (SSSR count). The Morgan fingerprint density at radius 3 is 2.42 bits per heavy atom. The zero-order valence-electron chi connectivity index (χ0n) is 14.7. The predicted octanol–water partition coefficient (Wildman–Crippen LogP) is 3.66. The molecular formula is C20H20N4O2. The first-order chi connectivity index (χ1) is 12.7. The van der Waals surface area contributed by atoms with Gasteiger partial charge in [0.05, 0.1) is 18.4 Å². The molecule has 2 aromatic carbocycles. The summed E-state index contributed by atoms with van der Waals surface area (Å²) < 4.78 is 5.23. The standard InChI is InChI=1S/C20H20N4O2/c1-14-7-9-15(10-8-14)11-21-20-22-12-16(13-23-20)19(25)24-17-5-3-4-6-18(17)26-2/h3-10,12-13H,11H2,1-2H3,(H,24,25)(H,21,22,23). The molecule has 0 spiro atoms. The number of hydrogen-bond acceptors (Lipinski definition) is 5. The minimum Gasteiger partial charge on any atom is -0.495 e. The number of amides is 1. The van der Waals surface area contributed by atoms with Gasteiger partial charge in [-0.3, -0.25) is 4.79 Å². The fourth-order valence-corrected chi connectivity index (χ4v) is 2.37. The summed E-state index contributed by atoms with van der Waals surface area (Å²) in [4.78, 5) is 20.7. The van der Waals surface area contributed by atoms with Crippen molar-refractivity contribution in [3.8, 4) is 5.75 Å². The van der Waals surface area contributed by atoms with Gasteiger partial charge < -0.3 is 15.4 Å². The number of ether oxygens (including phenoxy) is 1. The van der Waals surface area contributed by atoms with Crippen LogP contribution in [0.5, 0.6) is 5.75 Å². The van der Waals surface area contributed by atoms with E-state index in [4.69, 9.17) is 4.74 Å². The summed E-state index contributed by atoms with van der Waals surface area (Å²) in [7, 11) is 1.56. The van der Waals surface area contributed by atoms with Crippen molar-refractivity contribution >= 4 is 17.5 Å². The molecule has 132 valence electrons. The molecule has 1 heterocycles. The van der Waals surface area contributed by atoms with Gasteiger partial charge in [-0.15, -0.1) is 0 Å². The maximum Gasteiger partial charge on any atom is 0.258 e. The van der Waals surface area contributed by atoms with Crippen molar-refractivity contribution in [3.05, 3.63) is 77.6 Å². The van der Waals surface area contributed by atoms with Crippen LogP contribution in [-0.2, 0) is 6.54 Å². The second-order valence-corrected chi connectivity index (χ2v) is 5.79. The van der Waals surface area contributed by atoms with E-state index in [0.29, 0.717) is 29.5 Å². The number of aryl methyl sites for hydroxylation is 1. The molecule has 0 saturated carbocycles. The quantitative estimate of drug-likeness (QED) is 0.711. The summed E-state index contributed by atoms with van der Waals surface area (Å²) in [5.74, 6) is 0.775. The lowest BCUT2D eigenvalue weighted by Crippen LogP contribution is -2.14. The van der Waals surface area contributed by atoms with Gasteiger partial charge in [0.2, 0.25) is 5.95 Å². The Balaban J connectivity index is 1.61. The average molecular weight is 348 g/mol. The van der Waals surface area contributed by atoms with Crippen LogP contribution in [0.25, 0.3) is 0 Å². The second kappa shape index (κ2) is 8.11. The second-order valence-electron chi connectivity index (χ2n) is 5.79. The molecule has 0 unspecified atom stereocenters. The Bertz CT molecular complexity index is 877. The van der Waals surface area contributed by atoms with Crippen LogP contribution in [0.3, 0.4) is 0 Å². The molecule has 0 aliphatic heterocycles. The van der Waals surface area contributed by atoms with Crippen molar-refractivity contribution in [3.63, 3.8) is 0 Å². The molecule has 0 saturated heterocycles. The number of hydrogen-bond donors (Lipinski definition) is 2. The van der Waals surface area contributed by atoms with E-state index < -0.39 is 0 Å². The third-order valence-electron chi connectivity index (χ3n) is 3.84. The molecule has 6 nitrogen and oxygen atoms in total. The lowest BCUT2D eigenvalue weighted by atomic mass is 10.1. The Labute approximate surface area is 152 Å². The fraction of sp³-hybridized carbons (Fsp3) is 0.150. The number of methoxy groups -OCH3 is 1. The number of anilines is 2. The van der Waals surface area contributed by atoms with E-state index in [2.05, 4.69) is 51.8 Å². The van der Waals surface area contributed by atoms with E-state index in [1.165, 1.54) is 18.0 Å². The zero-order valence-corrected chi connectivity index (χ0v) is 14.7. The van der Waals surface area contributed by atoms with E-state index >= 15 is 0 Å². The number of nitrogens with zero attached hydrogens (tertiary/aromatic N) is 2. The zero-order chi connectivity index (χ0) is 18.4. The normalized spacial score (nSPS) is 10.2. The Morgan fingerprint density at radius 2 is 1.73 bits per heavy atom. The van der Waals surface area contributed by atoms with Crippen molar-refractivity contribution in [2.75, 3.05) is 17.7 Å². The maximum atomic E-state index is 12.3. The molecule has 0 aliphatic carbocycles. The molecular weight excluding hydrogens is 328 g/mol. The summed E-state index contributed by atoms with van der Waals surface area (Å²) in [6, 6.07) is 15.4. The summed E-state index contributed by atoms with van der Waals surface area (Å²) in [6.45, 7) is 2.67. The maximum absolute atomic E-state index is 12.3. The molecule has 0 radical (unpaired) electrons. The minimum atomic E-state index is -0.292. The highest BCUT2D eigenvalue weighted by Gasteiger charge is 2.10. The van der Waals surface area contributed by atoms with Crippen LogP contribution in [-0.4, -0.2) is 23.0 Å². The van der Waals surface area contributed by atoms with Crippen molar-refractivity contribution in [1.82, 2.24) is 9.97 Å². The van der Waals surface area contributed by atoms with Gasteiger partial charge >= 0.3 is 0 Å². The van der Waals surface area contributed by atoms with Gasteiger partial charge in [-0.2, -0.15) is 0 Å². The van der Waals surface area contributed by atoms with Crippen molar-refractivity contribution in [2.45, 2.75) is 13.5 Å². The van der Waals surface area contributed by atoms with Gasteiger partial charge in [-0.25, -0.2) is 9.97 Å². The molecule has 0 aliphatic rings. The van der Waals surface area contributed by atoms with Crippen LogP contribution in [0.1, 0.15) is 21.5 Å². The van der Waals surface area contributed by atoms with E-state index in [1.807, 2.05) is 12.1 Å². The SMILES string of the molecule is COc1ccccc1NC(=O)c1cnc(NCc2ccc(C)cc2)nc1. The predicted molar refractivity (Wildman–Crippen MR) is 101 cm³/mol. The van der Waals surface area contributed by atoms with Crippen LogP contribution >= 0.6 is 0 Å². The van der Waals surface area contributed by atoms with Gasteiger partial charge in [-0.1, -0.05) is 42.0 Å². The molecule has 1 aromatic heterocycles. The van der Waals surface area contributed by atoms with Crippen molar-refractivity contribution in [1.29, 1.82) is 0 Å². The van der Waals surface area contributed by atoms with Crippen molar-refractivity contribution < 1.29 is 9.53 Å². The first-order valence-corrected chi connectivity index (χ1v) is 8.21. The number of aromatic nitrogens is 2. The van der Waals surface area contributed by atoms with E-state index in [-0.39, 0.29) is 5.91 Å². The van der Waals surface area contributed by atoms with E-state index in [0.717, 1.165) is 5.56 Å². The highest BCUT2D eigenvalue weighted by atomic mass is 16.5. The number of benzene rings is 2. The number of rotatable bonds is 6. The molecule has 0 fully saturated rings. The van der Waals surface area contributed by atoms with E-state index in [1.54, 1.807) is 19.2 Å². The lowest BCUT2D eigenvalue weighted by Gasteiger charge is -2.10. The summed E-state index contributed by atoms with van der Waals surface area (Å²) in [5, 5.41) is 5.94. The first-order valence-electron chi connectivity index (χ1n) is 8.21. The van der Waals surface area contributed by atoms with Gasteiger partial charge in [0.1, 0.15) is 5.75 Å². The summed E-state index contributed by atoms with van der Waals surface area (Å²) >= 11 is 0. The number of para-hydroxylation sites is 2. The lowest BCUT2D eigenvalue weighted by molar-refractivity contribution is 0.102. The van der Waals surface area contributed by atoms with Crippen LogP contribution < -0.4 is 15.4 Å². The topological polar surface area (TPSA) is 76.1 Å². The highest BCUT2D eigenvalue weighted by Crippen LogP contribution is 2.23. The number of carbonyl (C=O) groups is 1. The molecule has 2 N–H and O–H groups in total. The van der Waals surface area contributed by atoms with Gasteiger partial charge in [0.15, 0.2) is 0 Å².